The highest BCUT2D eigenvalue weighted by Crippen LogP contribution is 2.35. The fraction of sp³-hybridized carbons (Fsp3) is 0.231. The Labute approximate surface area is 192 Å². The summed E-state index contributed by atoms with van der Waals surface area (Å²) in [5.41, 5.74) is 2.88. The molecule has 0 aromatic heterocycles. The van der Waals surface area contributed by atoms with E-state index >= 15 is 0 Å². The van der Waals surface area contributed by atoms with Crippen LogP contribution in [-0.4, -0.2) is 38.7 Å². The van der Waals surface area contributed by atoms with Crippen LogP contribution in [-0.2, 0) is 4.79 Å². The smallest absolute Gasteiger partial charge is 0.265 e. The third-order valence-electron chi connectivity index (χ3n) is 5.33. The summed E-state index contributed by atoms with van der Waals surface area (Å²) >= 11 is 0. The van der Waals surface area contributed by atoms with Crippen LogP contribution in [0.3, 0.4) is 0 Å². The molecule has 33 heavy (non-hydrogen) atoms. The molecule has 0 atom stereocenters. The van der Waals surface area contributed by atoms with Crippen molar-refractivity contribution in [3.05, 3.63) is 77.9 Å². The van der Waals surface area contributed by atoms with E-state index < -0.39 is 0 Å². The number of carbonyl (C=O) groups excluding carboxylic acids is 2. The average molecular weight is 447 g/mol. The maximum Gasteiger partial charge on any atom is 0.265 e. The van der Waals surface area contributed by atoms with Gasteiger partial charge in [0.15, 0.2) is 6.61 Å². The van der Waals surface area contributed by atoms with Crippen molar-refractivity contribution in [1.82, 2.24) is 0 Å². The third kappa shape index (κ3) is 5.44. The second-order valence-electron chi connectivity index (χ2n) is 7.71. The van der Waals surface area contributed by atoms with Gasteiger partial charge < -0.3 is 24.4 Å². The molecule has 1 heterocycles. The summed E-state index contributed by atoms with van der Waals surface area (Å²) in [6.07, 6.45) is 0.636. The summed E-state index contributed by atoms with van der Waals surface area (Å²) in [5, 5.41) is 2.89. The van der Waals surface area contributed by atoms with Gasteiger partial charge in [-0.1, -0.05) is 17.7 Å². The molecule has 0 bridgehead atoms. The number of aryl methyl sites for hydroxylation is 1. The number of nitrogens with one attached hydrogen (secondary N) is 1. The molecule has 0 saturated carbocycles. The van der Waals surface area contributed by atoms with Gasteiger partial charge in [-0.3, -0.25) is 9.59 Å². The monoisotopic (exact) mass is 446 g/mol. The summed E-state index contributed by atoms with van der Waals surface area (Å²) in [5.74, 6) is 1.78. The zero-order valence-corrected chi connectivity index (χ0v) is 18.7. The zero-order valence-electron chi connectivity index (χ0n) is 18.7. The first-order valence-corrected chi connectivity index (χ1v) is 10.8. The van der Waals surface area contributed by atoms with Crippen LogP contribution >= 0.6 is 0 Å². The molecule has 1 aliphatic heterocycles. The van der Waals surface area contributed by atoms with Crippen LogP contribution in [0, 0.1) is 6.92 Å². The van der Waals surface area contributed by atoms with Crippen molar-refractivity contribution < 1.29 is 23.8 Å². The van der Waals surface area contributed by atoms with E-state index in [2.05, 4.69) is 5.32 Å². The van der Waals surface area contributed by atoms with Gasteiger partial charge in [0.25, 0.3) is 11.8 Å². The van der Waals surface area contributed by atoms with Crippen molar-refractivity contribution >= 4 is 23.2 Å². The Balaban J connectivity index is 1.39. The number of nitrogens with zero attached hydrogens (tertiary/aromatic N) is 1. The van der Waals surface area contributed by atoms with Crippen molar-refractivity contribution in [3.8, 4) is 17.2 Å². The summed E-state index contributed by atoms with van der Waals surface area (Å²) < 4.78 is 16.5. The second-order valence-corrected chi connectivity index (χ2v) is 7.71. The fourth-order valence-corrected chi connectivity index (χ4v) is 3.52. The highest BCUT2D eigenvalue weighted by atomic mass is 16.5. The number of amides is 2. The number of ether oxygens (including phenoxy) is 3. The standard InChI is InChI=1S/C26H26N2O5/c1-18-4-6-19(7-5-18)26(30)27-20-8-13-24-23(16-20)28(25(29)17-33-24)14-3-15-32-22-11-9-21(31-2)10-12-22/h4-13,16H,3,14-15,17H2,1-2H3,(H,27,30). The van der Waals surface area contributed by atoms with Gasteiger partial charge in [-0.2, -0.15) is 0 Å². The summed E-state index contributed by atoms with van der Waals surface area (Å²) in [7, 11) is 1.62. The minimum atomic E-state index is -0.211. The normalized spacial score (nSPS) is 12.5. The molecule has 3 aromatic carbocycles. The number of benzene rings is 3. The molecule has 0 aliphatic carbocycles. The van der Waals surface area contributed by atoms with Gasteiger partial charge in [0.2, 0.25) is 0 Å². The number of hydrogen-bond donors (Lipinski definition) is 1. The molecule has 0 unspecified atom stereocenters. The summed E-state index contributed by atoms with van der Waals surface area (Å²) in [4.78, 5) is 26.8. The lowest BCUT2D eigenvalue weighted by molar-refractivity contribution is -0.121. The fourth-order valence-electron chi connectivity index (χ4n) is 3.52. The van der Waals surface area contributed by atoms with E-state index in [0.717, 1.165) is 17.1 Å². The Morgan fingerprint density at radius 3 is 2.48 bits per heavy atom. The van der Waals surface area contributed by atoms with E-state index in [1.54, 1.807) is 42.3 Å². The van der Waals surface area contributed by atoms with Crippen molar-refractivity contribution in [2.75, 3.05) is 37.1 Å². The van der Waals surface area contributed by atoms with Crippen molar-refractivity contribution in [2.24, 2.45) is 0 Å². The van der Waals surface area contributed by atoms with Gasteiger partial charge in [0, 0.05) is 17.8 Å². The Morgan fingerprint density at radius 1 is 1.03 bits per heavy atom. The van der Waals surface area contributed by atoms with Crippen LogP contribution in [0.1, 0.15) is 22.3 Å². The molecule has 0 spiro atoms. The topological polar surface area (TPSA) is 77.1 Å². The molecular weight excluding hydrogens is 420 g/mol. The molecule has 1 N–H and O–H groups in total. The summed E-state index contributed by atoms with van der Waals surface area (Å²) in [6.45, 7) is 2.89. The largest absolute Gasteiger partial charge is 0.497 e. The molecule has 0 saturated heterocycles. The molecule has 7 nitrogen and oxygen atoms in total. The number of methoxy groups -OCH3 is 1. The zero-order chi connectivity index (χ0) is 23.2. The first kappa shape index (κ1) is 22.2. The van der Waals surface area contributed by atoms with Gasteiger partial charge in [0.1, 0.15) is 17.2 Å². The van der Waals surface area contributed by atoms with Gasteiger partial charge in [-0.15, -0.1) is 0 Å². The van der Waals surface area contributed by atoms with E-state index in [-0.39, 0.29) is 18.4 Å². The Kier molecular flexibility index (Phi) is 6.78. The lowest BCUT2D eigenvalue weighted by atomic mass is 10.1. The predicted molar refractivity (Wildman–Crippen MR) is 127 cm³/mol. The molecule has 0 fully saturated rings. The van der Waals surface area contributed by atoms with Crippen molar-refractivity contribution in [3.63, 3.8) is 0 Å². The molecule has 0 radical (unpaired) electrons. The highest BCUT2D eigenvalue weighted by molar-refractivity contribution is 6.05. The van der Waals surface area contributed by atoms with E-state index in [9.17, 15) is 9.59 Å². The van der Waals surface area contributed by atoms with E-state index in [4.69, 9.17) is 14.2 Å². The Hall–Kier alpha value is -4.00. The Morgan fingerprint density at radius 2 is 1.76 bits per heavy atom. The number of carbonyl (C=O) groups is 2. The highest BCUT2D eigenvalue weighted by Gasteiger charge is 2.25. The molecule has 4 rings (SSSR count). The molecular formula is C26H26N2O5. The SMILES string of the molecule is COc1ccc(OCCCN2C(=O)COc3ccc(NC(=O)c4ccc(C)cc4)cc32)cc1. The van der Waals surface area contributed by atoms with Crippen molar-refractivity contribution in [2.45, 2.75) is 13.3 Å². The Bertz CT molecular complexity index is 1130. The van der Waals surface area contributed by atoms with E-state index in [1.165, 1.54) is 0 Å². The predicted octanol–water partition coefficient (Wildman–Crippen LogP) is 4.45. The number of rotatable bonds is 8. The van der Waals surface area contributed by atoms with Gasteiger partial charge in [0.05, 0.1) is 19.4 Å². The lowest BCUT2D eigenvalue weighted by Gasteiger charge is -2.30. The minimum Gasteiger partial charge on any atom is -0.497 e. The van der Waals surface area contributed by atoms with Gasteiger partial charge in [-0.25, -0.2) is 0 Å². The van der Waals surface area contributed by atoms with Crippen LogP contribution in [0.2, 0.25) is 0 Å². The number of hydrogen-bond acceptors (Lipinski definition) is 5. The maximum absolute atomic E-state index is 12.6. The summed E-state index contributed by atoms with van der Waals surface area (Å²) in [6, 6.07) is 20.0. The molecule has 2 amide bonds. The first-order chi connectivity index (χ1) is 16.0. The van der Waals surface area contributed by atoms with Crippen LogP contribution in [0.25, 0.3) is 0 Å². The lowest BCUT2D eigenvalue weighted by Crippen LogP contribution is -2.39. The van der Waals surface area contributed by atoms with Crippen LogP contribution in [0.5, 0.6) is 17.2 Å². The average Bonchev–Trinajstić information content (AvgIpc) is 2.83. The molecule has 7 heteroatoms. The number of anilines is 2. The quantitative estimate of drug-likeness (QED) is 0.518. The molecule has 3 aromatic rings. The van der Waals surface area contributed by atoms with Crippen molar-refractivity contribution in [1.29, 1.82) is 0 Å². The van der Waals surface area contributed by atoms with Gasteiger partial charge >= 0.3 is 0 Å². The van der Waals surface area contributed by atoms with E-state index in [0.29, 0.717) is 42.3 Å². The molecule has 1 aliphatic rings. The third-order valence-corrected chi connectivity index (χ3v) is 5.33. The van der Waals surface area contributed by atoms with Crippen LogP contribution < -0.4 is 24.4 Å². The van der Waals surface area contributed by atoms with Gasteiger partial charge in [-0.05, 0) is 67.9 Å². The maximum atomic E-state index is 12.6. The minimum absolute atomic E-state index is 0.0125. The van der Waals surface area contributed by atoms with E-state index in [1.807, 2.05) is 43.3 Å². The second kappa shape index (κ2) is 10.1. The van der Waals surface area contributed by atoms with Crippen LogP contribution in [0.4, 0.5) is 11.4 Å². The molecule has 170 valence electrons. The number of fused-ring (bicyclic) bond motifs is 1. The van der Waals surface area contributed by atoms with Crippen LogP contribution in [0.15, 0.2) is 66.7 Å². The first-order valence-electron chi connectivity index (χ1n) is 10.8.